The van der Waals surface area contributed by atoms with E-state index in [1.54, 1.807) is 23.5 Å². The lowest BCUT2D eigenvalue weighted by Crippen LogP contribution is -2.49. The molecule has 2 aliphatic heterocycles. The molecule has 5 heterocycles. The second-order valence-corrected chi connectivity index (χ2v) is 8.49. The number of carbonyl (C=O) groups excluding carboxylic acids is 1. The fourth-order valence-electron chi connectivity index (χ4n) is 4.16. The smallest absolute Gasteiger partial charge is 0.475 e. The highest BCUT2D eigenvalue weighted by Crippen LogP contribution is 2.34. The molecule has 0 radical (unpaired) electrons. The molecule has 0 bridgehead atoms. The number of alkyl halides is 3. The summed E-state index contributed by atoms with van der Waals surface area (Å²) in [5, 5.41) is 13.5. The van der Waals surface area contributed by atoms with Crippen molar-refractivity contribution >= 4 is 35.0 Å². The minimum absolute atomic E-state index is 0.213. The van der Waals surface area contributed by atoms with Gasteiger partial charge in [0.25, 0.3) is 0 Å². The number of piperazine rings is 1. The van der Waals surface area contributed by atoms with E-state index in [2.05, 4.69) is 43.5 Å². The normalized spacial score (nSPS) is 17.4. The van der Waals surface area contributed by atoms with Crippen molar-refractivity contribution in [3.05, 3.63) is 42.1 Å². The number of pyridine rings is 1. The first-order chi connectivity index (χ1) is 17.0. The van der Waals surface area contributed by atoms with Crippen LogP contribution in [0.5, 0.6) is 0 Å². The van der Waals surface area contributed by atoms with Crippen LogP contribution in [-0.4, -0.2) is 74.9 Å². The van der Waals surface area contributed by atoms with Gasteiger partial charge in [-0.05, 0) is 26.3 Å². The summed E-state index contributed by atoms with van der Waals surface area (Å²) >= 11 is 0. The van der Waals surface area contributed by atoms with E-state index in [4.69, 9.17) is 9.90 Å². The molecule has 192 valence electrons. The SMILES string of the molecule is Cc1cn2cc(NC(=O)N3CCc4c(N5CCN[C@@H](C)C5)ccnc43)nc2cn1.O=C(O)C(F)(F)F. The third kappa shape index (κ3) is 5.48. The van der Waals surface area contributed by atoms with Crippen LogP contribution in [0, 0.1) is 6.92 Å². The molecule has 36 heavy (non-hydrogen) atoms. The van der Waals surface area contributed by atoms with Crippen molar-refractivity contribution in [1.29, 1.82) is 0 Å². The van der Waals surface area contributed by atoms with Crippen LogP contribution in [0.4, 0.5) is 35.3 Å². The van der Waals surface area contributed by atoms with E-state index in [9.17, 15) is 18.0 Å². The molecule has 3 aromatic rings. The van der Waals surface area contributed by atoms with E-state index in [0.717, 1.165) is 43.1 Å². The molecule has 1 saturated heterocycles. The molecule has 2 aliphatic rings. The monoisotopic (exact) mass is 506 g/mol. The second-order valence-electron chi connectivity index (χ2n) is 8.49. The lowest BCUT2D eigenvalue weighted by Gasteiger charge is -2.34. The van der Waals surface area contributed by atoms with Gasteiger partial charge in [-0.1, -0.05) is 0 Å². The first-order valence-corrected chi connectivity index (χ1v) is 11.2. The molecule has 0 unspecified atom stereocenters. The minimum Gasteiger partial charge on any atom is -0.475 e. The Bertz CT molecular complexity index is 1280. The van der Waals surface area contributed by atoms with E-state index in [0.29, 0.717) is 24.1 Å². The van der Waals surface area contributed by atoms with E-state index in [1.165, 1.54) is 5.69 Å². The van der Waals surface area contributed by atoms with Crippen LogP contribution in [0.2, 0.25) is 0 Å². The maximum absolute atomic E-state index is 12.9. The molecule has 0 saturated carbocycles. The van der Waals surface area contributed by atoms with Crippen molar-refractivity contribution in [3.63, 3.8) is 0 Å². The van der Waals surface area contributed by atoms with Crippen LogP contribution < -0.4 is 20.4 Å². The van der Waals surface area contributed by atoms with Crippen LogP contribution in [0.1, 0.15) is 18.2 Å². The first kappa shape index (κ1) is 25.2. The molecule has 0 aliphatic carbocycles. The average Bonchev–Trinajstić information content (AvgIpc) is 3.42. The van der Waals surface area contributed by atoms with Gasteiger partial charge in [-0.25, -0.2) is 19.6 Å². The lowest BCUT2D eigenvalue weighted by atomic mass is 10.1. The molecule has 5 rings (SSSR count). The van der Waals surface area contributed by atoms with E-state index < -0.39 is 12.1 Å². The predicted octanol–water partition coefficient (Wildman–Crippen LogP) is 2.46. The molecule has 0 spiro atoms. The number of hydrogen-bond donors (Lipinski definition) is 3. The summed E-state index contributed by atoms with van der Waals surface area (Å²) in [5.41, 5.74) is 3.92. The van der Waals surface area contributed by atoms with Gasteiger partial charge in [0.15, 0.2) is 11.5 Å². The highest BCUT2D eigenvalue weighted by molar-refractivity contribution is 6.02. The highest BCUT2D eigenvalue weighted by atomic mass is 19.4. The lowest BCUT2D eigenvalue weighted by molar-refractivity contribution is -0.192. The fourth-order valence-corrected chi connectivity index (χ4v) is 4.16. The summed E-state index contributed by atoms with van der Waals surface area (Å²) in [6, 6.07) is 2.30. The molecule has 0 aromatic carbocycles. The number of urea groups is 1. The first-order valence-electron chi connectivity index (χ1n) is 11.2. The highest BCUT2D eigenvalue weighted by Gasteiger charge is 2.38. The largest absolute Gasteiger partial charge is 0.490 e. The Morgan fingerprint density at radius 3 is 2.67 bits per heavy atom. The quantitative estimate of drug-likeness (QED) is 0.484. The van der Waals surface area contributed by atoms with E-state index >= 15 is 0 Å². The molecule has 2 amide bonds. The summed E-state index contributed by atoms with van der Waals surface area (Å²) in [4.78, 5) is 39.1. The van der Waals surface area contributed by atoms with Crippen molar-refractivity contribution in [2.75, 3.05) is 41.3 Å². The average molecular weight is 506 g/mol. The molecular formula is C22H25F3N8O3. The zero-order valence-electron chi connectivity index (χ0n) is 19.6. The van der Waals surface area contributed by atoms with Gasteiger partial charge < -0.3 is 19.7 Å². The van der Waals surface area contributed by atoms with Gasteiger partial charge >= 0.3 is 18.2 Å². The van der Waals surface area contributed by atoms with Crippen LogP contribution >= 0.6 is 0 Å². The number of aromatic nitrogens is 4. The third-order valence-electron chi connectivity index (χ3n) is 5.75. The number of imidazole rings is 1. The number of carbonyl (C=O) groups is 2. The number of aliphatic carboxylic acids is 1. The third-order valence-corrected chi connectivity index (χ3v) is 5.75. The van der Waals surface area contributed by atoms with Gasteiger partial charge in [0.2, 0.25) is 0 Å². The zero-order valence-corrected chi connectivity index (χ0v) is 19.6. The minimum atomic E-state index is -5.08. The van der Waals surface area contributed by atoms with Gasteiger partial charge in [0, 0.05) is 55.9 Å². The molecule has 11 nitrogen and oxygen atoms in total. The molecule has 1 atom stereocenters. The molecule has 14 heteroatoms. The van der Waals surface area contributed by atoms with Crippen molar-refractivity contribution in [1.82, 2.24) is 24.7 Å². The Hall–Kier alpha value is -3.94. The maximum atomic E-state index is 12.9. The van der Waals surface area contributed by atoms with Crippen molar-refractivity contribution in [2.24, 2.45) is 0 Å². The van der Waals surface area contributed by atoms with E-state index in [1.807, 2.05) is 17.5 Å². The van der Waals surface area contributed by atoms with Crippen LogP contribution in [0.25, 0.3) is 5.65 Å². The number of rotatable bonds is 2. The standard InChI is InChI=1S/C20H24N8O.C2HF3O2/c1-13-10-26(8-6-21-13)16-3-5-22-19-15(16)4-7-28(19)20(29)25-17-12-27-11-14(2)23-9-18(27)24-17;3-2(4,5)1(6)7/h3,5,9,11-13,21H,4,6-8,10H2,1-2H3,(H,25,29);(H,6,7)/t13-;/m0./s1. The summed E-state index contributed by atoms with van der Waals surface area (Å²) in [5.74, 6) is -1.51. The topological polar surface area (TPSA) is 128 Å². The number of amides is 2. The van der Waals surface area contributed by atoms with Gasteiger partial charge in [-0.2, -0.15) is 13.2 Å². The molecule has 1 fully saturated rings. The number of anilines is 3. The Morgan fingerprint density at radius 1 is 1.22 bits per heavy atom. The number of halogens is 3. The second kappa shape index (κ2) is 9.97. The zero-order chi connectivity index (χ0) is 26.0. The van der Waals surface area contributed by atoms with Gasteiger partial charge in [0.05, 0.1) is 18.1 Å². The van der Waals surface area contributed by atoms with Crippen LogP contribution in [0.3, 0.4) is 0 Å². The van der Waals surface area contributed by atoms with E-state index in [-0.39, 0.29) is 6.03 Å². The van der Waals surface area contributed by atoms with Crippen LogP contribution in [0.15, 0.2) is 30.9 Å². The van der Waals surface area contributed by atoms with Crippen molar-refractivity contribution in [3.8, 4) is 0 Å². The number of fused-ring (bicyclic) bond motifs is 2. The van der Waals surface area contributed by atoms with Crippen molar-refractivity contribution < 1.29 is 27.9 Å². The summed E-state index contributed by atoms with van der Waals surface area (Å²) in [7, 11) is 0. The Balaban J connectivity index is 0.000000384. The summed E-state index contributed by atoms with van der Waals surface area (Å²) in [6.07, 6.45) is 2.89. The summed E-state index contributed by atoms with van der Waals surface area (Å²) in [6.45, 7) is 7.60. The predicted molar refractivity (Wildman–Crippen MR) is 125 cm³/mol. The molecule has 3 aromatic heterocycles. The Labute approximate surface area is 204 Å². The van der Waals surface area contributed by atoms with Gasteiger partial charge in [-0.3, -0.25) is 15.2 Å². The number of hydrogen-bond acceptors (Lipinski definition) is 7. The number of aryl methyl sites for hydroxylation is 1. The number of carboxylic acid groups (broad SMARTS) is 1. The van der Waals surface area contributed by atoms with Crippen molar-refractivity contribution in [2.45, 2.75) is 32.5 Å². The number of carboxylic acids is 1. The Kier molecular flexibility index (Phi) is 6.97. The summed E-state index contributed by atoms with van der Waals surface area (Å²) < 4.78 is 33.6. The molecule has 3 N–H and O–H groups in total. The van der Waals surface area contributed by atoms with Crippen LogP contribution in [-0.2, 0) is 11.2 Å². The van der Waals surface area contributed by atoms with Gasteiger partial charge in [-0.15, -0.1) is 0 Å². The van der Waals surface area contributed by atoms with Gasteiger partial charge in [0.1, 0.15) is 5.82 Å². The number of nitrogens with zero attached hydrogens (tertiary/aromatic N) is 6. The number of nitrogens with one attached hydrogen (secondary N) is 2. The fraction of sp³-hybridized carbons (Fsp3) is 0.409. The maximum Gasteiger partial charge on any atom is 0.490 e. The molecular weight excluding hydrogens is 481 g/mol. The Morgan fingerprint density at radius 2 is 1.97 bits per heavy atom.